The number of aromatic nitrogens is 3. The van der Waals surface area contributed by atoms with Crippen LogP contribution in [-0.2, 0) is 6.54 Å². The number of fused-ring (bicyclic) bond motifs is 1. The van der Waals surface area contributed by atoms with Crippen LogP contribution in [0, 0.1) is 5.82 Å². The first kappa shape index (κ1) is 22.9. The summed E-state index contributed by atoms with van der Waals surface area (Å²) in [5, 5.41) is 0.486. The van der Waals surface area contributed by atoms with Crippen LogP contribution in [0.2, 0.25) is 0 Å². The zero-order valence-corrected chi connectivity index (χ0v) is 19.4. The Morgan fingerprint density at radius 1 is 1.18 bits per heavy atom. The molecule has 0 unspecified atom stereocenters. The third-order valence-corrected chi connectivity index (χ3v) is 6.33. The van der Waals surface area contributed by atoms with Gasteiger partial charge in [0.25, 0.3) is 5.91 Å². The number of nitrogens with zero attached hydrogens (tertiary/aromatic N) is 4. The van der Waals surface area contributed by atoms with Gasteiger partial charge >= 0.3 is 0 Å². The van der Waals surface area contributed by atoms with Crippen molar-refractivity contribution < 1.29 is 13.9 Å². The summed E-state index contributed by atoms with van der Waals surface area (Å²) in [4.78, 5) is 23.7. The van der Waals surface area contributed by atoms with Crippen molar-refractivity contribution in [2.24, 2.45) is 0 Å². The minimum Gasteiger partial charge on any atom is -0.494 e. The van der Waals surface area contributed by atoms with Crippen LogP contribution in [0.1, 0.15) is 43.0 Å². The van der Waals surface area contributed by atoms with Crippen LogP contribution in [-0.4, -0.2) is 33.6 Å². The first-order valence-corrected chi connectivity index (χ1v) is 12.0. The van der Waals surface area contributed by atoms with Crippen molar-refractivity contribution in [3.05, 3.63) is 72.6 Å². The molecule has 0 saturated carbocycles. The summed E-state index contributed by atoms with van der Waals surface area (Å²) in [6.07, 6.45) is 9.28. The molecule has 0 bridgehead atoms. The lowest BCUT2D eigenvalue weighted by molar-refractivity contribution is 0.0986. The Morgan fingerprint density at radius 3 is 2.85 bits per heavy atom. The molecule has 0 aliphatic rings. The summed E-state index contributed by atoms with van der Waals surface area (Å²) in [6.45, 7) is 3.93. The highest BCUT2D eigenvalue weighted by molar-refractivity contribution is 7.22. The predicted molar refractivity (Wildman–Crippen MR) is 130 cm³/mol. The molecule has 2 heterocycles. The second-order valence-corrected chi connectivity index (χ2v) is 8.79. The Kier molecular flexibility index (Phi) is 7.67. The predicted octanol–water partition coefficient (Wildman–Crippen LogP) is 5.94. The maximum Gasteiger partial charge on any atom is 0.260 e. The number of hydrogen-bond acceptors (Lipinski definition) is 5. The van der Waals surface area contributed by atoms with E-state index in [2.05, 4.69) is 16.9 Å². The van der Waals surface area contributed by atoms with Gasteiger partial charge < -0.3 is 9.30 Å². The molecule has 8 heteroatoms. The highest BCUT2D eigenvalue weighted by Gasteiger charge is 2.22. The molecular formula is C25H27FN4O2S. The number of hydrogen-bond donors (Lipinski definition) is 0. The number of unbranched alkanes of at least 4 members (excludes halogenated alkanes) is 2. The molecule has 2 aromatic carbocycles. The standard InChI is InChI=1S/C25H27FN4O2S/c1-2-3-4-16-32-20-9-5-8-19(17-20)24(31)30(14-7-13-29-15-12-27-18-29)25-28-23-21(26)10-6-11-22(23)33-25/h5-6,8-12,15,17-18H,2-4,7,13-14,16H2,1H3. The third kappa shape index (κ3) is 5.76. The summed E-state index contributed by atoms with van der Waals surface area (Å²) in [5.74, 6) is 0.105. The lowest BCUT2D eigenvalue weighted by atomic mass is 10.2. The summed E-state index contributed by atoms with van der Waals surface area (Å²) >= 11 is 1.32. The summed E-state index contributed by atoms with van der Waals surface area (Å²) in [7, 11) is 0. The van der Waals surface area contributed by atoms with E-state index in [-0.39, 0.29) is 17.2 Å². The molecule has 4 rings (SSSR count). The van der Waals surface area contributed by atoms with Crippen molar-refractivity contribution in [1.82, 2.24) is 14.5 Å². The van der Waals surface area contributed by atoms with E-state index in [4.69, 9.17) is 4.74 Å². The maximum absolute atomic E-state index is 14.3. The van der Waals surface area contributed by atoms with Gasteiger partial charge in [0.2, 0.25) is 0 Å². The third-order valence-electron chi connectivity index (χ3n) is 5.29. The molecule has 6 nitrogen and oxygen atoms in total. The fourth-order valence-electron chi connectivity index (χ4n) is 3.55. The van der Waals surface area contributed by atoms with Crippen molar-refractivity contribution in [3.8, 4) is 5.75 Å². The molecule has 0 saturated heterocycles. The lowest BCUT2D eigenvalue weighted by Crippen LogP contribution is -2.32. The number of para-hydroxylation sites is 1. The zero-order valence-electron chi connectivity index (χ0n) is 18.6. The molecule has 1 amide bonds. The highest BCUT2D eigenvalue weighted by atomic mass is 32.1. The summed E-state index contributed by atoms with van der Waals surface area (Å²) < 4.78 is 22.8. The summed E-state index contributed by atoms with van der Waals surface area (Å²) in [5.41, 5.74) is 0.809. The van der Waals surface area contributed by atoms with Crippen LogP contribution >= 0.6 is 11.3 Å². The van der Waals surface area contributed by atoms with Crippen LogP contribution in [0.3, 0.4) is 0 Å². The molecule has 33 heavy (non-hydrogen) atoms. The number of thiazole rings is 1. The smallest absolute Gasteiger partial charge is 0.260 e. The largest absolute Gasteiger partial charge is 0.494 e. The number of imidazole rings is 1. The Hall–Kier alpha value is -3.26. The van der Waals surface area contributed by atoms with Crippen LogP contribution < -0.4 is 9.64 Å². The highest BCUT2D eigenvalue weighted by Crippen LogP contribution is 2.31. The van der Waals surface area contributed by atoms with Gasteiger partial charge in [-0.2, -0.15) is 0 Å². The zero-order chi connectivity index (χ0) is 23.0. The van der Waals surface area contributed by atoms with Gasteiger partial charge in [-0.05, 0) is 43.2 Å². The van der Waals surface area contributed by atoms with Gasteiger partial charge in [0, 0.05) is 31.0 Å². The number of halogens is 1. The molecule has 0 aliphatic heterocycles. The topological polar surface area (TPSA) is 60.2 Å². The Balaban J connectivity index is 1.56. The second-order valence-electron chi connectivity index (χ2n) is 7.78. The van der Waals surface area contributed by atoms with Gasteiger partial charge in [-0.25, -0.2) is 14.4 Å². The Bertz CT molecular complexity index is 1190. The van der Waals surface area contributed by atoms with Crippen LogP contribution in [0.5, 0.6) is 5.75 Å². The molecule has 0 spiro atoms. The lowest BCUT2D eigenvalue weighted by Gasteiger charge is -2.20. The van der Waals surface area contributed by atoms with E-state index in [1.54, 1.807) is 35.6 Å². The van der Waals surface area contributed by atoms with Crippen LogP contribution in [0.4, 0.5) is 9.52 Å². The van der Waals surface area contributed by atoms with E-state index < -0.39 is 0 Å². The van der Waals surface area contributed by atoms with E-state index in [1.165, 1.54) is 17.4 Å². The van der Waals surface area contributed by atoms with Gasteiger partial charge in [-0.1, -0.05) is 43.2 Å². The van der Waals surface area contributed by atoms with Gasteiger partial charge in [-0.15, -0.1) is 0 Å². The minimum atomic E-state index is -0.386. The van der Waals surface area contributed by atoms with E-state index in [0.717, 1.165) is 19.3 Å². The number of anilines is 1. The molecule has 4 aromatic rings. The number of carbonyl (C=O) groups is 1. The van der Waals surface area contributed by atoms with Gasteiger partial charge in [-0.3, -0.25) is 9.69 Å². The number of benzene rings is 2. The van der Waals surface area contributed by atoms with E-state index in [0.29, 0.717) is 47.3 Å². The number of rotatable bonds is 11. The number of aryl methyl sites for hydroxylation is 1. The molecule has 172 valence electrons. The van der Waals surface area contributed by atoms with Crippen molar-refractivity contribution >= 4 is 32.6 Å². The SMILES string of the molecule is CCCCCOc1cccc(C(=O)N(CCCn2ccnc2)c2nc3c(F)cccc3s2)c1. The number of ether oxygens (including phenoxy) is 1. The van der Waals surface area contributed by atoms with Crippen LogP contribution in [0.25, 0.3) is 10.2 Å². The summed E-state index contributed by atoms with van der Waals surface area (Å²) in [6, 6.07) is 12.1. The van der Waals surface area contributed by atoms with Crippen molar-refractivity contribution in [3.63, 3.8) is 0 Å². The normalized spacial score (nSPS) is 11.1. The van der Waals surface area contributed by atoms with E-state index >= 15 is 0 Å². The molecule has 0 atom stereocenters. The average Bonchev–Trinajstić information content (AvgIpc) is 3.50. The van der Waals surface area contributed by atoms with Gasteiger partial charge in [0.05, 0.1) is 17.6 Å². The first-order chi connectivity index (χ1) is 16.2. The fraction of sp³-hybridized carbons (Fsp3) is 0.320. The minimum absolute atomic E-state index is 0.181. The molecule has 0 aliphatic carbocycles. The van der Waals surface area contributed by atoms with Crippen molar-refractivity contribution in [2.75, 3.05) is 18.1 Å². The fourth-order valence-corrected chi connectivity index (χ4v) is 4.55. The molecule has 2 aromatic heterocycles. The van der Waals surface area contributed by atoms with E-state index in [9.17, 15) is 9.18 Å². The Morgan fingerprint density at radius 2 is 2.06 bits per heavy atom. The average molecular weight is 467 g/mol. The van der Waals surface area contributed by atoms with Gasteiger partial charge in [0.1, 0.15) is 17.1 Å². The Labute approximate surface area is 196 Å². The van der Waals surface area contributed by atoms with E-state index in [1.807, 2.05) is 29.0 Å². The quantitative estimate of drug-likeness (QED) is 0.257. The first-order valence-electron chi connectivity index (χ1n) is 11.2. The van der Waals surface area contributed by atoms with Crippen LogP contribution in [0.15, 0.2) is 61.2 Å². The second kappa shape index (κ2) is 11.0. The molecule has 0 N–H and O–H groups in total. The molecular weight excluding hydrogens is 439 g/mol. The van der Waals surface area contributed by atoms with Crippen molar-refractivity contribution in [1.29, 1.82) is 0 Å². The maximum atomic E-state index is 14.3. The number of amides is 1. The number of carbonyl (C=O) groups excluding carboxylic acids is 1. The van der Waals surface area contributed by atoms with Crippen molar-refractivity contribution in [2.45, 2.75) is 39.2 Å². The molecule has 0 fully saturated rings. The molecule has 0 radical (unpaired) electrons. The van der Waals surface area contributed by atoms with Gasteiger partial charge in [0.15, 0.2) is 5.13 Å². The monoisotopic (exact) mass is 466 g/mol.